The summed E-state index contributed by atoms with van der Waals surface area (Å²) in [5.74, 6) is 1.61. The van der Waals surface area contributed by atoms with Crippen LogP contribution in [0.15, 0.2) is 29.2 Å². The normalized spacial score (nSPS) is 31.4. The van der Waals surface area contributed by atoms with Crippen molar-refractivity contribution in [3.8, 4) is 0 Å². The summed E-state index contributed by atoms with van der Waals surface area (Å²) in [5, 5.41) is 0. The Morgan fingerprint density at radius 2 is 2.00 bits per heavy atom. The van der Waals surface area contributed by atoms with Crippen molar-refractivity contribution >= 4 is 11.8 Å². The van der Waals surface area contributed by atoms with E-state index in [0.717, 1.165) is 18.4 Å². The molecule has 1 heterocycles. The van der Waals surface area contributed by atoms with Crippen molar-refractivity contribution in [2.24, 2.45) is 17.6 Å². The molecule has 0 radical (unpaired) electrons. The van der Waals surface area contributed by atoms with Gasteiger partial charge in [-0.05, 0) is 48.6 Å². The highest BCUT2D eigenvalue weighted by Gasteiger charge is 2.38. The number of nitrogens with two attached hydrogens (primary N) is 1. The van der Waals surface area contributed by atoms with E-state index in [1.54, 1.807) is 11.8 Å². The molecule has 1 aromatic carbocycles. The van der Waals surface area contributed by atoms with Gasteiger partial charge in [0.05, 0.1) is 0 Å². The second-order valence-electron chi connectivity index (χ2n) is 6.06. The van der Waals surface area contributed by atoms with Crippen molar-refractivity contribution in [2.75, 3.05) is 19.3 Å². The van der Waals surface area contributed by atoms with E-state index in [2.05, 4.69) is 35.4 Å². The summed E-state index contributed by atoms with van der Waals surface area (Å²) in [6, 6.07) is 9.45. The Hall–Kier alpha value is -0.510. The van der Waals surface area contributed by atoms with Crippen LogP contribution in [0.5, 0.6) is 0 Å². The van der Waals surface area contributed by atoms with Crippen LogP contribution < -0.4 is 5.73 Å². The smallest absolute Gasteiger partial charge is 0.0233 e. The number of hydrogen-bond donors (Lipinski definition) is 1. The molecule has 0 spiro atoms. The number of thioether (sulfide) groups is 1. The highest BCUT2D eigenvalue weighted by molar-refractivity contribution is 7.98. The van der Waals surface area contributed by atoms with Crippen molar-refractivity contribution in [3.05, 3.63) is 29.8 Å². The molecule has 3 unspecified atom stereocenters. The second kappa shape index (κ2) is 5.86. The minimum absolute atomic E-state index is 0.447. The maximum absolute atomic E-state index is 6.28. The third kappa shape index (κ3) is 2.99. The van der Waals surface area contributed by atoms with Crippen LogP contribution in [0.2, 0.25) is 0 Å². The Bertz CT molecular complexity index is 417. The molecule has 0 amide bonds. The maximum atomic E-state index is 6.28. The van der Waals surface area contributed by atoms with Gasteiger partial charge in [0.1, 0.15) is 0 Å². The van der Waals surface area contributed by atoms with E-state index in [9.17, 15) is 0 Å². The van der Waals surface area contributed by atoms with Crippen LogP contribution in [0.4, 0.5) is 0 Å². The number of hydrogen-bond acceptors (Lipinski definition) is 3. The van der Waals surface area contributed by atoms with E-state index >= 15 is 0 Å². The van der Waals surface area contributed by atoms with Gasteiger partial charge in [-0.1, -0.05) is 18.6 Å². The van der Waals surface area contributed by atoms with Crippen molar-refractivity contribution in [3.63, 3.8) is 0 Å². The van der Waals surface area contributed by atoms with E-state index in [1.165, 1.54) is 42.8 Å². The number of fused-ring (bicyclic) bond motifs is 1. The predicted octanol–water partition coefficient (Wildman–Crippen LogP) is 2.97. The van der Waals surface area contributed by atoms with Crippen LogP contribution in [0.1, 0.15) is 24.8 Å². The third-order valence-electron chi connectivity index (χ3n) is 4.79. The fourth-order valence-electron chi connectivity index (χ4n) is 3.73. The Morgan fingerprint density at radius 1 is 1.21 bits per heavy atom. The van der Waals surface area contributed by atoms with Crippen LogP contribution in [-0.2, 0) is 6.54 Å². The van der Waals surface area contributed by atoms with Crippen LogP contribution in [0.3, 0.4) is 0 Å². The summed E-state index contributed by atoms with van der Waals surface area (Å²) in [7, 11) is 0. The third-order valence-corrected chi connectivity index (χ3v) is 5.54. The zero-order valence-corrected chi connectivity index (χ0v) is 12.5. The molecule has 1 aliphatic carbocycles. The summed E-state index contributed by atoms with van der Waals surface area (Å²) >= 11 is 1.81. The van der Waals surface area contributed by atoms with Crippen molar-refractivity contribution in [1.82, 2.24) is 4.90 Å². The summed E-state index contributed by atoms with van der Waals surface area (Å²) in [5.41, 5.74) is 7.72. The van der Waals surface area contributed by atoms with Gasteiger partial charge >= 0.3 is 0 Å². The Morgan fingerprint density at radius 3 is 2.68 bits per heavy atom. The van der Waals surface area contributed by atoms with Gasteiger partial charge in [0.15, 0.2) is 0 Å². The van der Waals surface area contributed by atoms with Crippen LogP contribution in [0.25, 0.3) is 0 Å². The molecule has 1 saturated heterocycles. The first-order valence-electron chi connectivity index (χ1n) is 7.37. The van der Waals surface area contributed by atoms with E-state index < -0.39 is 0 Å². The van der Waals surface area contributed by atoms with E-state index in [-0.39, 0.29) is 0 Å². The first kappa shape index (κ1) is 13.5. The largest absolute Gasteiger partial charge is 0.327 e. The number of rotatable bonds is 3. The summed E-state index contributed by atoms with van der Waals surface area (Å²) in [6.07, 6.45) is 6.08. The molecule has 3 rings (SSSR count). The zero-order chi connectivity index (χ0) is 13.2. The van der Waals surface area contributed by atoms with E-state index in [4.69, 9.17) is 5.73 Å². The Balaban J connectivity index is 1.61. The fourth-order valence-corrected chi connectivity index (χ4v) is 4.14. The van der Waals surface area contributed by atoms with Crippen LogP contribution in [0, 0.1) is 11.8 Å². The minimum atomic E-state index is 0.447. The van der Waals surface area contributed by atoms with Gasteiger partial charge in [0, 0.05) is 30.6 Å². The molecule has 19 heavy (non-hydrogen) atoms. The molecule has 1 saturated carbocycles. The van der Waals surface area contributed by atoms with Crippen molar-refractivity contribution < 1.29 is 0 Å². The molecule has 1 aromatic rings. The fraction of sp³-hybridized carbons (Fsp3) is 0.625. The summed E-state index contributed by atoms with van der Waals surface area (Å²) in [4.78, 5) is 3.95. The second-order valence-corrected chi connectivity index (χ2v) is 6.94. The van der Waals surface area contributed by atoms with Gasteiger partial charge in [-0.2, -0.15) is 0 Å². The SMILES string of the molecule is CSc1ccc(CN2CC3CCCC(N)C3C2)cc1. The topological polar surface area (TPSA) is 29.3 Å². The molecule has 0 aromatic heterocycles. The van der Waals surface area contributed by atoms with Gasteiger partial charge < -0.3 is 5.73 Å². The molecule has 2 N–H and O–H groups in total. The lowest BCUT2D eigenvalue weighted by atomic mass is 9.78. The lowest BCUT2D eigenvalue weighted by molar-refractivity contribution is 0.259. The highest BCUT2D eigenvalue weighted by Crippen LogP contribution is 2.36. The van der Waals surface area contributed by atoms with Crippen molar-refractivity contribution in [2.45, 2.75) is 36.7 Å². The van der Waals surface area contributed by atoms with E-state index in [0.29, 0.717) is 6.04 Å². The molecule has 2 nitrogen and oxygen atoms in total. The zero-order valence-electron chi connectivity index (χ0n) is 11.7. The number of nitrogens with zero attached hydrogens (tertiary/aromatic N) is 1. The monoisotopic (exact) mass is 276 g/mol. The molecule has 3 atom stereocenters. The van der Waals surface area contributed by atoms with E-state index in [1.807, 2.05) is 0 Å². The predicted molar refractivity (Wildman–Crippen MR) is 82.3 cm³/mol. The minimum Gasteiger partial charge on any atom is -0.327 e. The standard InChI is InChI=1S/C16H24N2S/c1-19-14-7-5-12(6-8-14)9-18-10-13-3-2-4-16(17)15(13)11-18/h5-8,13,15-16H,2-4,9-11,17H2,1H3. The molecule has 2 fully saturated rings. The lowest BCUT2D eigenvalue weighted by Gasteiger charge is -2.29. The summed E-state index contributed by atoms with van der Waals surface area (Å²) in [6.45, 7) is 3.55. The first-order chi connectivity index (χ1) is 9.26. The molecular weight excluding hydrogens is 252 g/mol. The van der Waals surface area contributed by atoms with Gasteiger partial charge in [0.25, 0.3) is 0 Å². The Labute approximate surface area is 120 Å². The van der Waals surface area contributed by atoms with Gasteiger partial charge in [0.2, 0.25) is 0 Å². The van der Waals surface area contributed by atoms with Gasteiger partial charge in [-0.25, -0.2) is 0 Å². The molecule has 2 aliphatic rings. The average molecular weight is 276 g/mol. The first-order valence-corrected chi connectivity index (χ1v) is 8.59. The molecular formula is C16H24N2S. The molecule has 3 heteroatoms. The number of benzene rings is 1. The molecule has 104 valence electrons. The molecule has 1 aliphatic heterocycles. The van der Waals surface area contributed by atoms with Crippen molar-refractivity contribution in [1.29, 1.82) is 0 Å². The maximum Gasteiger partial charge on any atom is 0.0233 e. The summed E-state index contributed by atoms with van der Waals surface area (Å²) < 4.78 is 0. The quantitative estimate of drug-likeness (QED) is 0.861. The highest BCUT2D eigenvalue weighted by atomic mass is 32.2. The van der Waals surface area contributed by atoms with Gasteiger partial charge in [-0.15, -0.1) is 11.8 Å². The Kier molecular flexibility index (Phi) is 4.15. The lowest BCUT2D eigenvalue weighted by Crippen LogP contribution is -2.38. The average Bonchev–Trinajstić information content (AvgIpc) is 2.84. The number of likely N-dealkylation sites (tertiary alicyclic amines) is 1. The van der Waals surface area contributed by atoms with Crippen LogP contribution >= 0.6 is 11.8 Å². The molecule has 0 bridgehead atoms. The van der Waals surface area contributed by atoms with Gasteiger partial charge in [-0.3, -0.25) is 4.90 Å². The van der Waals surface area contributed by atoms with Crippen LogP contribution in [-0.4, -0.2) is 30.3 Å².